The van der Waals surface area contributed by atoms with Crippen LogP contribution < -0.4 is 5.32 Å². The molecule has 0 amide bonds. The smallest absolute Gasteiger partial charge is 0.0410 e. The second-order valence-electron chi connectivity index (χ2n) is 3.71. The Kier molecular flexibility index (Phi) is 4.73. The number of hydrogen-bond acceptors (Lipinski definition) is 3. The zero-order valence-corrected chi connectivity index (χ0v) is 13.3. The topological polar surface area (TPSA) is 24.9 Å². The molecule has 0 aliphatic carbocycles. The maximum Gasteiger partial charge on any atom is 0.0410 e. The van der Waals surface area contributed by atoms with Gasteiger partial charge in [0.05, 0.1) is 0 Å². The number of likely N-dealkylation sites (N-methyl/N-ethyl adjacent to an activating group) is 1. The van der Waals surface area contributed by atoms with Gasteiger partial charge in [-0.25, -0.2) is 0 Å². The molecule has 2 aromatic heterocycles. The van der Waals surface area contributed by atoms with Gasteiger partial charge in [-0.1, -0.05) is 0 Å². The molecule has 0 aliphatic rings. The second-order valence-corrected chi connectivity index (χ2v) is 6.54. The van der Waals surface area contributed by atoms with E-state index in [2.05, 4.69) is 59.7 Å². The maximum atomic E-state index is 4.21. The predicted molar refractivity (Wildman–Crippen MR) is 79.5 cm³/mol. The first-order chi connectivity index (χ1) is 8.19. The van der Waals surface area contributed by atoms with Crippen molar-refractivity contribution in [2.24, 2.45) is 0 Å². The predicted octanol–water partition coefficient (Wildman–Crippen LogP) is 4.17. The van der Waals surface area contributed by atoms with E-state index in [9.17, 15) is 0 Å². The van der Waals surface area contributed by atoms with Gasteiger partial charge in [0.1, 0.15) is 0 Å². The number of aromatic nitrogens is 1. The van der Waals surface area contributed by atoms with Gasteiger partial charge >= 0.3 is 0 Å². The Labute approximate surface area is 122 Å². The highest BCUT2D eigenvalue weighted by Crippen LogP contribution is 2.26. The number of pyridine rings is 1. The molecule has 90 valence electrons. The van der Waals surface area contributed by atoms with E-state index in [-0.39, 0.29) is 0 Å². The molecule has 2 aromatic rings. The van der Waals surface area contributed by atoms with Crippen LogP contribution in [0.25, 0.3) is 0 Å². The summed E-state index contributed by atoms with van der Waals surface area (Å²) in [5.41, 5.74) is 1.20. The summed E-state index contributed by atoms with van der Waals surface area (Å²) in [6, 6.07) is 4.57. The highest BCUT2D eigenvalue weighted by atomic mass is 79.9. The van der Waals surface area contributed by atoms with Crippen LogP contribution in [0.15, 0.2) is 38.9 Å². The highest BCUT2D eigenvalue weighted by Gasteiger charge is 2.12. The average Bonchev–Trinajstić information content (AvgIpc) is 2.72. The molecule has 1 unspecified atom stereocenters. The quantitative estimate of drug-likeness (QED) is 0.867. The minimum absolute atomic E-state index is 0.297. The third-order valence-electron chi connectivity index (χ3n) is 2.50. The minimum atomic E-state index is 0.297. The molecule has 1 N–H and O–H groups in total. The molecule has 0 fully saturated rings. The van der Waals surface area contributed by atoms with Crippen molar-refractivity contribution < 1.29 is 0 Å². The van der Waals surface area contributed by atoms with E-state index >= 15 is 0 Å². The fourth-order valence-corrected chi connectivity index (χ4v) is 3.55. The molecule has 2 rings (SSSR count). The molecular weight excluding hydrogens is 364 g/mol. The van der Waals surface area contributed by atoms with E-state index in [0.717, 1.165) is 15.4 Å². The van der Waals surface area contributed by atoms with Gasteiger partial charge in [-0.05, 0) is 56.6 Å². The van der Waals surface area contributed by atoms with Crippen LogP contribution in [0.1, 0.15) is 16.5 Å². The first kappa shape index (κ1) is 13.2. The summed E-state index contributed by atoms with van der Waals surface area (Å²) in [5, 5.41) is 5.45. The molecule has 0 saturated heterocycles. The molecule has 0 saturated carbocycles. The van der Waals surface area contributed by atoms with E-state index in [1.54, 1.807) is 17.5 Å². The molecular formula is C12H12Br2N2S. The first-order valence-electron chi connectivity index (χ1n) is 5.19. The lowest BCUT2D eigenvalue weighted by atomic mass is 10.1. The summed E-state index contributed by atoms with van der Waals surface area (Å²) < 4.78 is 2.17. The minimum Gasteiger partial charge on any atom is -0.313 e. The number of halogens is 2. The van der Waals surface area contributed by atoms with Crippen LogP contribution in [0.4, 0.5) is 0 Å². The summed E-state index contributed by atoms with van der Waals surface area (Å²) in [7, 11) is 1.98. The third-order valence-corrected chi connectivity index (χ3v) is 4.66. The zero-order valence-electron chi connectivity index (χ0n) is 9.28. The van der Waals surface area contributed by atoms with E-state index in [0.29, 0.717) is 6.04 Å². The van der Waals surface area contributed by atoms with Gasteiger partial charge in [-0.2, -0.15) is 0 Å². The van der Waals surface area contributed by atoms with E-state index in [4.69, 9.17) is 0 Å². The van der Waals surface area contributed by atoms with Crippen molar-refractivity contribution in [2.45, 2.75) is 12.5 Å². The van der Waals surface area contributed by atoms with Gasteiger partial charge < -0.3 is 5.32 Å². The molecule has 0 spiro atoms. The van der Waals surface area contributed by atoms with Gasteiger partial charge in [-0.3, -0.25) is 4.98 Å². The van der Waals surface area contributed by atoms with Crippen LogP contribution in [0.2, 0.25) is 0 Å². The molecule has 17 heavy (non-hydrogen) atoms. The van der Waals surface area contributed by atoms with E-state index in [1.165, 1.54) is 10.4 Å². The van der Waals surface area contributed by atoms with Crippen LogP contribution in [0.5, 0.6) is 0 Å². The van der Waals surface area contributed by atoms with Gasteiger partial charge in [-0.15, -0.1) is 11.3 Å². The first-order valence-corrected chi connectivity index (χ1v) is 7.66. The Hall–Kier alpha value is -0.230. The normalized spacial score (nSPS) is 12.6. The van der Waals surface area contributed by atoms with E-state index in [1.807, 2.05) is 13.2 Å². The fraction of sp³-hybridized carbons (Fsp3) is 0.250. The molecule has 2 nitrogen and oxygen atoms in total. The van der Waals surface area contributed by atoms with Crippen molar-refractivity contribution in [2.75, 3.05) is 7.05 Å². The lowest BCUT2D eigenvalue weighted by Crippen LogP contribution is -2.18. The Morgan fingerprint density at radius 1 is 1.29 bits per heavy atom. The Morgan fingerprint density at radius 2 is 2.12 bits per heavy atom. The molecule has 0 bridgehead atoms. The van der Waals surface area contributed by atoms with Crippen LogP contribution in [0.3, 0.4) is 0 Å². The summed E-state index contributed by atoms with van der Waals surface area (Å²) >= 11 is 8.71. The molecule has 0 radical (unpaired) electrons. The maximum absolute atomic E-state index is 4.21. The van der Waals surface area contributed by atoms with Crippen molar-refractivity contribution in [3.05, 3.63) is 49.3 Å². The van der Waals surface area contributed by atoms with Gasteiger partial charge in [0.2, 0.25) is 0 Å². The van der Waals surface area contributed by atoms with E-state index < -0.39 is 0 Å². The number of hydrogen-bond donors (Lipinski definition) is 1. The van der Waals surface area contributed by atoms with Crippen molar-refractivity contribution in [1.29, 1.82) is 0 Å². The van der Waals surface area contributed by atoms with Crippen molar-refractivity contribution in [3.63, 3.8) is 0 Å². The van der Waals surface area contributed by atoms with Crippen LogP contribution in [-0.4, -0.2) is 12.0 Å². The summed E-state index contributed by atoms with van der Waals surface area (Å²) in [4.78, 5) is 5.56. The Balaban J connectivity index is 2.16. The summed E-state index contributed by atoms with van der Waals surface area (Å²) in [6.45, 7) is 0. The van der Waals surface area contributed by atoms with Crippen LogP contribution >= 0.6 is 43.2 Å². The number of nitrogens with zero attached hydrogens (tertiary/aromatic N) is 1. The monoisotopic (exact) mass is 374 g/mol. The molecule has 0 aliphatic heterocycles. The zero-order chi connectivity index (χ0) is 12.3. The Morgan fingerprint density at radius 3 is 2.71 bits per heavy atom. The summed E-state index contributed by atoms with van der Waals surface area (Å²) in [5.74, 6) is 0. The fourth-order valence-electron chi connectivity index (χ4n) is 1.67. The lowest BCUT2D eigenvalue weighted by molar-refractivity contribution is 0.594. The van der Waals surface area contributed by atoms with Crippen molar-refractivity contribution >= 4 is 43.2 Å². The number of thiophene rings is 1. The van der Waals surface area contributed by atoms with Gasteiger partial charge in [0.15, 0.2) is 0 Å². The standard InChI is InChI=1S/C12H12Br2N2S/c1-15-12(4-11-3-10(14)7-17-11)8-2-9(13)6-16-5-8/h2-3,5-7,12,15H,4H2,1H3. The third kappa shape index (κ3) is 3.61. The van der Waals surface area contributed by atoms with Crippen LogP contribution in [-0.2, 0) is 6.42 Å². The lowest BCUT2D eigenvalue weighted by Gasteiger charge is -2.15. The number of nitrogens with one attached hydrogen (secondary N) is 1. The highest BCUT2D eigenvalue weighted by molar-refractivity contribution is 9.10. The van der Waals surface area contributed by atoms with Crippen molar-refractivity contribution in [3.8, 4) is 0 Å². The van der Waals surface area contributed by atoms with Gasteiger partial charge in [0, 0.05) is 44.1 Å². The second kappa shape index (κ2) is 6.09. The molecule has 2 heterocycles. The number of rotatable bonds is 4. The van der Waals surface area contributed by atoms with Crippen LogP contribution in [0, 0.1) is 0 Å². The average molecular weight is 376 g/mol. The van der Waals surface area contributed by atoms with Gasteiger partial charge in [0.25, 0.3) is 0 Å². The molecule has 1 atom stereocenters. The SMILES string of the molecule is CNC(Cc1cc(Br)cs1)c1cncc(Br)c1. The Bertz CT molecular complexity index is 499. The molecule has 5 heteroatoms. The largest absolute Gasteiger partial charge is 0.313 e. The summed E-state index contributed by atoms with van der Waals surface area (Å²) in [6.07, 6.45) is 4.69. The molecule has 0 aromatic carbocycles. The van der Waals surface area contributed by atoms with Crippen molar-refractivity contribution in [1.82, 2.24) is 10.3 Å².